The molecular formula is C27H28ClNO12. The fourth-order valence-corrected chi connectivity index (χ4v) is 4.63. The van der Waals surface area contributed by atoms with Crippen molar-refractivity contribution in [2.24, 2.45) is 0 Å². The number of nitrogens with zero attached hydrogens (tertiary/aromatic N) is 1. The van der Waals surface area contributed by atoms with Gasteiger partial charge in [0.1, 0.15) is 18.8 Å². The van der Waals surface area contributed by atoms with Gasteiger partial charge in [0.25, 0.3) is 0 Å². The minimum atomic E-state index is -1.35. The Morgan fingerprint density at radius 3 is 2.10 bits per heavy atom. The topological polar surface area (TPSA) is 178 Å². The second kappa shape index (κ2) is 13.4. The van der Waals surface area contributed by atoms with Crippen molar-refractivity contribution in [3.8, 4) is 5.75 Å². The zero-order chi connectivity index (χ0) is 30.4. The molecule has 0 amide bonds. The fourth-order valence-electron chi connectivity index (χ4n) is 4.45. The lowest BCUT2D eigenvalue weighted by Gasteiger charge is -2.44. The van der Waals surface area contributed by atoms with Gasteiger partial charge in [0, 0.05) is 38.8 Å². The van der Waals surface area contributed by atoms with Crippen LogP contribution >= 0.6 is 11.6 Å². The Labute approximate surface area is 239 Å². The first-order valence-electron chi connectivity index (χ1n) is 12.3. The Bertz CT molecular complexity index is 1350. The lowest BCUT2D eigenvalue weighted by Crippen LogP contribution is -2.59. The molecule has 1 saturated heterocycles. The second-order valence-corrected chi connectivity index (χ2v) is 9.63. The molecule has 2 aromatic carbocycles. The first kappa shape index (κ1) is 31.3. The van der Waals surface area contributed by atoms with Gasteiger partial charge in [-0.1, -0.05) is 29.8 Å². The number of benzene rings is 2. The molecule has 2 unspecified atom stereocenters. The molecule has 0 spiro atoms. The third kappa shape index (κ3) is 8.14. The maximum absolute atomic E-state index is 12.1. The molecule has 0 bridgehead atoms. The van der Waals surface area contributed by atoms with Crippen molar-refractivity contribution in [2.45, 2.75) is 64.6 Å². The summed E-state index contributed by atoms with van der Waals surface area (Å²) in [5.41, 5.74) is 0.886. The number of hydrogen-bond donors (Lipinski definition) is 1. The minimum absolute atomic E-state index is 0.110. The van der Waals surface area contributed by atoms with Crippen LogP contribution in [0.5, 0.6) is 5.75 Å². The monoisotopic (exact) mass is 593 g/mol. The van der Waals surface area contributed by atoms with E-state index in [2.05, 4.69) is 0 Å². The predicted molar refractivity (Wildman–Crippen MR) is 140 cm³/mol. The van der Waals surface area contributed by atoms with Gasteiger partial charge in [-0.25, -0.2) is 0 Å². The highest BCUT2D eigenvalue weighted by molar-refractivity contribution is 6.31. The van der Waals surface area contributed by atoms with E-state index in [0.29, 0.717) is 21.7 Å². The largest absolute Gasteiger partial charge is 0.502 e. The normalized spacial score (nSPS) is 21.8. The SMILES string of the molecule is CC(=O)OC[C@H]1O[C@@H](c2ccc(Cl)c(Cc3ccc(O)c([N+](=O)[O-])c3)c2)C(OC(C)=O)[C@@H](OC(C)=O)C1OC(C)=O. The number of phenolic OH excluding ortho intramolecular Hbond substituents is 1. The van der Waals surface area contributed by atoms with Crippen LogP contribution < -0.4 is 0 Å². The number of carbonyl (C=O) groups excluding carboxylic acids is 4. The standard InChI is InChI=1S/C27H28ClNO12/c1-13(30)37-12-23-25(38-14(2)31)27(40-16(4)33)26(39-15(3)32)24(41-23)18-6-7-20(28)19(11-18)9-17-5-8-22(34)21(10-17)29(35)36/h5-8,10-11,23-27,34H,9,12H2,1-4H3/t23-,24+,25?,26?,27+/m1/s1. The first-order chi connectivity index (χ1) is 19.3. The van der Waals surface area contributed by atoms with Crippen molar-refractivity contribution in [3.63, 3.8) is 0 Å². The average molecular weight is 594 g/mol. The molecule has 220 valence electrons. The van der Waals surface area contributed by atoms with Gasteiger partial charge in [0.05, 0.1) is 4.92 Å². The van der Waals surface area contributed by atoms with Crippen molar-refractivity contribution in [2.75, 3.05) is 6.61 Å². The summed E-state index contributed by atoms with van der Waals surface area (Å²) in [5, 5.41) is 21.4. The number of aromatic hydroxyl groups is 1. The van der Waals surface area contributed by atoms with Gasteiger partial charge < -0.3 is 28.8 Å². The van der Waals surface area contributed by atoms with Crippen LogP contribution in [0.3, 0.4) is 0 Å². The van der Waals surface area contributed by atoms with E-state index in [9.17, 15) is 34.4 Å². The van der Waals surface area contributed by atoms with Crippen LogP contribution in [0.4, 0.5) is 5.69 Å². The summed E-state index contributed by atoms with van der Waals surface area (Å²) in [5.74, 6) is -3.39. The van der Waals surface area contributed by atoms with Crippen LogP contribution in [-0.2, 0) is 49.3 Å². The summed E-state index contributed by atoms with van der Waals surface area (Å²) >= 11 is 6.44. The van der Waals surface area contributed by atoms with Crippen molar-refractivity contribution in [1.29, 1.82) is 0 Å². The van der Waals surface area contributed by atoms with Crippen molar-refractivity contribution in [3.05, 3.63) is 68.2 Å². The highest BCUT2D eigenvalue weighted by atomic mass is 35.5. The fraction of sp³-hybridized carbons (Fsp3) is 0.407. The van der Waals surface area contributed by atoms with Gasteiger partial charge >= 0.3 is 29.6 Å². The Hall–Kier alpha value is -4.23. The van der Waals surface area contributed by atoms with Gasteiger partial charge in [-0.2, -0.15) is 0 Å². The van der Waals surface area contributed by atoms with Crippen LogP contribution in [0, 0.1) is 10.1 Å². The van der Waals surface area contributed by atoms with E-state index in [1.807, 2.05) is 0 Å². The van der Waals surface area contributed by atoms with E-state index in [1.165, 1.54) is 31.2 Å². The Balaban J connectivity index is 2.08. The number of ether oxygens (including phenoxy) is 5. The molecule has 1 fully saturated rings. The van der Waals surface area contributed by atoms with Gasteiger partial charge in [-0.05, 0) is 35.2 Å². The molecule has 0 aliphatic carbocycles. The lowest BCUT2D eigenvalue weighted by molar-refractivity contribution is -0.385. The molecule has 1 N–H and O–H groups in total. The molecule has 0 radical (unpaired) electrons. The maximum Gasteiger partial charge on any atom is 0.310 e. The van der Waals surface area contributed by atoms with Gasteiger partial charge in [0.15, 0.2) is 24.1 Å². The van der Waals surface area contributed by atoms with Crippen LogP contribution in [0.25, 0.3) is 0 Å². The zero-order valence-corrected chi connectivity index (χ0v) is 23.3. The van der Waals surface area contributed by atoms with E-state index in [1.54, 1.807) is 12.1 Å². The quantitative estimate of drug-likeness (QED) is 0.194. The number of halogens is 1. The van der Waals surface area contributed by atoms with Gasteiger partial charge in [0.2, 0.25) is 0 Å². The molecule has 5 atom stereocenters. The zero-order valence-electron chi connectivity index (χ0n) is 22.5. The highest BCUT2D eigenvalue weighted by Gasteiger charge is 2.52. The molecule has 1 aliphatic heterocycles. The number of hydrogen-bond acceptors (Lipinski definition) is 12. The Kier molecular flexibility index (Phi) is 10.2. The lowest BCUT2D eigenvalue weighted by atomic mass is 9.89. The number of phenols is 1. The maximum atomic E-state index is 12.1. The summed E-state index contributed by atoms with van der Waals surface area (Å²) in [7, 11) is 0. The Morgan fingerprint density at radius 1 is 0.902 bits per heavy atom. The van der Waals surface area contributed by atoms with E-state index in [-0.39, 0.29) is 13.0 Å². The second-order valence-electron chi connectivity index (χ2n) is 9.23. The highest BCUT2D eigenvalue weighted by Crippen LogP contribution is 2.39. The molecule has 3 rings (SSSR count). The molecule has 2 aromatic rings. The number of rotatable bonds is 9. The van der Waals surface area contributed by atoms with Gasteiger partial charge in [-0.15, -0.1) is 0 Å². The van der Waals surface area contributed by atoms with Crippen molar-refractivity contribution < 1.29 is 52.9 Å². The first-order valence-corrected chi connectivity index (χ1v) is 12.7. The number of nitro groups is 1. The minimum Gasteiger partial charge on any atom is -0.502 e. The van der Waals surface area contributed by atoms with Crippen LogP contribution in [0.15, 0.2) is 36.4 Å². The summed E-state index contributed by atoms with van der Waals surface area (Å²) in [6, 6.07) is 8.64. The van der Waals surface area contributed by atoms with Crippen LogP contribution in [0.2, 0.25) is 5.02 Å². The Morgan fingerprint density at radius 2 is 1.51 bits per heavy atom. The molecule has 0 aromatic heterocycles. The average Bonchev–Trinajstić information content (AvgIpc) is 2.86. The summed E-state index contributed by atoms with van der Waals surface area (Å²) in [6.45, 7) is 4.17. The molecule has 1 heterocycles. The van der Waals surface area contributed by atoms with E-state index >= 15 is 0 Å². The molecule has 13 nitrogen and oxygen atoms in total. The molecular weight excluding hydrogens is 566 g/mol. The third-order valence-electron chi connectivity index (χ3n) is 6.02. The number of esters is 4. The molecule has 1 aliphatic rings. The smallest absolute Gasteiger partial charge is 0.310 e. The summed E-state index contributed by atoms with van der Waals surface area (Å²) < 4.78 is 27.7. The third-order valence-corrected chi connectivity index (χ3v) is 6.39. The molecule has 14 heteroatoms. The van der Waals surface area contributed by atoms with Crippen molar-refractivity contribution >= 4 is 41.2 Å². The molecule has 41 heavy (non-hydrogen) atoms. The summed E-state index contributed by atoms with van der Waals surface area (Å²) in [6.07, 6.45) is -6.11. The van der Waals surface area contributed by atoms with Crippen LogP contribution in [-0.4, -0.2) is 64.9 Å². The van der Waals surface area contributed by atoms with E-state index < -0.39 is 70.8 Å². The van der Waals surface area contributed by atoms with Crippen LogP contribution in [0.1, 0.15) is 50.5 Å². The number of nitro benzene ring substituents is 1. The van der Waals surface area contributed by atoms with E-state index in [0.717, 1.165) is 20.8 Å². The van der Waals surface area contributed by atoms with Crippen molar-refractivity contribution in [1.82, 2.24) is 0 Å². The molecule has 0 saturated carbocycles. The van der Waals surface area contributed by atoms with Gasteiger partial charge in [-0.3, -0.25) is 29.3 Å². The summed E-state index contributed by atoms with van der Waals surface area (Å²) in [4.78, 5) is 58.3. The number of carbonyl (C=O) groups is 4. The predicted octanol–water partition coefficient (Wildman–Crippen LogP) is 3.34. The van der Waals surface area contributed by atoms with E-state index in [4.69, 9.17) is 35.3 Å².